The number of nitrogens with one attached hydrogen (secondary N) is 1. The maximum Gasteiger partial charge on any atom is 0.325 e. The van der Waals surface area contributed by atoms with Crippen LogP contribution < -0.4 is 5.32 Å². The van der Waals surface area contributed by atoms with Gasteiger partial charge < -0.3 is 19.4 Å². The van der Waals surface area contributed by atoms with Gasteiger partial charge in [0.05, 0.1) is 13.7 Å². The molecule has 0 saturated carbocycles. The van der Waals surface area contributed by atoms with Crippen molar-refractivity contribution in [1.82, 2.24) is 24.9 Å². The van der Waals surface area contributed by atoms with E-state index in [1.165, 1.54) is 12.0 Å². The van der Waals surface area contributed by atoms with Crippen molar-refractivity contribution in [1.29, 1.82) is 0 Å². The van der Waals surface area contributed by atoms with Crippen LogP contribution in [-0.4, -0.2) is 109 Å². The smallest absolute Gasteiger partial charge is 0.325 e. The van der Waals surface area contributed by atoms with Gasteiger partial charge in [0.25, 0.3) is 5.91 Å². The van der Waals surface area contributed by atoms with Gasteiger partial charge in [-0.15, -0.1) is 0 Å². The number of likely N-dealkylation sites (N-methyl/N-ethyl adjacent to an activating group) is 1. The predicted octanol–water partition coefficient (Wildman–Crippen LogP) is -0.875. The Labute approximate surface area is 159 Å². The number of rotatable bonds is 5. The van der Waals surface area contributed by atoms with E-state index in [1.54, 1.807) is 7.05 Å². The minimum Gasteiger partial charge on any atom is -0.468 e. The van der Waals surface area contributed by atoms with Crippen LogP contribution in [0.5, 0.6) is 0 Å². The molecule has 27 heavy (non-hydrogen) atoms. The Morgan fingerprint density at radius 2 is 1.96 bits per heavy atom. The van der Waals surface area contributed by atoms with E-state index in [9.17, 15) is 14.4 Å². The maximum atomic E-state index is 12.5. The number of carbonyl (C=O) groups is 3. The van der Waals surface area contributed by atoms with Crippen molar-refractivity contribution >= 4 is 23.9 Å². The molecule has 150 valence electrons. The summed E-state index contributed by atoms with van der Waals surface area (Å²) in [5, 5.41) is 2.42. The van der Waals surface area contributed by atoms with Gasteiger partial charge in [0.2, 0.25) is 0 Å². The molecule has 10 heteroatoms. The van der Waals surface area contributed by atoms with E-state index in [4.69, 9.17) is 9.73 Å². The summed E-state index contributed by atoms with van der Waals surface area (Å²) in [5.41, 5.74) is 0. The fourth-order valence-electron chi connectivity index (χ4n) is 3.70. The Balaban J connectivity index is 1.73. The molecule has 2 fully saturated rings. The van der Waals surface area contributed by atoms with Crippen molar-refractivity contribution < 1.29 is 19.1 Å². The molecule has 2 saturated heterocycles. The van der Waals surface area contributed by atoms with E-state index >= 15 is 0 Å². The quantitative estimate of drug-likeness (QED) is 0.619. The van der Waals surface area contributed by atoms with Gasteiger partial charge in [-0.25, -0.2) is 9.79 Å². The highest BCUT2D eigenvalue weighted by molar-refractivity contribution is 6.03. The molecule has 0 aromatic rings. The minimum absolute atomic E-state index is 0.242. The summed E-state index contributed by atoms with van der Waals surface area (Å²) in [7, 11) is 3.06. The summed E-state index contributed by atoms with van der Waals surface area (Å²) in [5.74, 6) is 0.240. The lowest BCUT2D eigenvalue weighted by molar-refractivity contribution is -0.142. The van der Waals surface area contributed by atoms with Gasteiger partial charge in [-0.2, -0.15) is 0 Å². The van der Waals surface area contributed by atoms with Crippen molar-refractivity contribution in [3.8, 4) is 0 Å². The number of hydrogen-bond donors (Lipinski definition) is 1. The number of methoxy groups -OCH3 is 1. The molecule has 0 spiro atoms. The van der Waals surface area contributed by atoms with Crippen molar-refractivity contribution in [2.75, 3.05) is 53.4 Å². The molecule has 3 rings (SSSR count). The molecule has 0 radical (unpaired) electrons. The molecular formula is C17H28N6O4. The second-order valence-corrected chi connectivity index (χ2v) is 7.08. The van der Waals surface area contributed by atoms with Gasteiger partial charge in [0, 0.05) is 39.8 Å². The zero-order valence-corrected chi connectivity index (χ0v) is 16.2. The molecule has 0 aromatic heterocycles. The molecule has 1 N–H and O–H groups in total. The molecule has 2 unspecified atom stereocenters. The lowest BCUT2D eigenvalue weighted by Crippen LogP contribution is -2.64. The number of amides is 3. The number of imide groups is 1. The number of nitrogens with zero attached hydrogens (tertiary/aromatic N) is 5. The fraction of sp³-hybridized carbons (Fsp3) is 0.765. The zero-order chi connectivity index (χ0) is 19.6. The van der Waals surface area contributed by atoms with E-state index in [0.717, 1.165) is 18.8 Å². The van der Waals surface area contributed by atoms with Gasteiger partial charge >= 0.3 is 12.0 Å². The number of esters is 1. The molecule has 3 aliphatic rings. The average Bonchev–Trinajstić information content (AvgIpc) is 3.05. The Morgan fingerprint density at radius 3 is 2.59 bits per heavy atom. The molecule has 3 heterocycles. The zero-order valence-electron chi connectivity index (χ0n) is 16.2. The molecule has 0 bridgehead atoms. The van der Waals surface area contributed by atoms with E-state index < -0.39 is 18.2 Å². The summed E-state index contributed by atoms with van der Waals surface area (Å²) >= 11 is 0. The number of ether oxygens (including phenoxy) is 1. The van der Waals surface area contributed by atoms with Gasteiger partial charge in [-0.05, 0) is 6.42 Å². The number of fused-ring (bicyclic) bond motifs is 1. The number of urea groups is 1. The fourth-order valence-corrected chi connectivity index (χ4v) is 3.70. The second kappa shape index (κ2) is 8.12. The average molecular weight is 380 g/mol. The summed E-state index contributed by atoms with van der Waals surface area (Å²) in [4.78, 5) is 48.4. The molecule has 2 atom stereocenters. The Morgan fingerprint density at radius 1 is 1.26 bits per heavy atom. The van der Waals surface area contributed by atoms with Crippen LogP contribution in [0.4, 0.5) is 4.79 Å². The van der Waals surface area contributed by atoms with Crippen LogP contribution in [0.25, 0.3) is 0 Å². The van der Waals surface area contributed by atoms with Crippen LogP contribution in [0.1, 0.15) is 19.8 Å². The first-order valence-electron chi connectivity index (χ1n) is 9.42. The second-order valence-electron chi connectivity index (χ2n) is 7.08. The Bertz CT molecular complexity index is 631. The monoisotopic (exact) mass is 380 g/mol. The topological polar surface area (TPSA) is 97.8 Å². The first kappa shape index (κ1) is 19.4. The number of piperazine rings is 1. The Kier molecular flexibility index (Phi) is 5.83. The van der Waals surface area contributed by atoms with E-state index in [2.05, 4.69) is 17.1 Å². The molecular weight excluding hydrogens is 352 g/mol. The summed E-state index contributed by atoms with van der Waals surface area (Å²) < 4.78 is 4.73. The van der Waals surface area contributed by atoms with Crippen LogP contribution >= 0.6 is 0 Å². The Hall–Kier alpha value is -2.36. The van der Waals surface area contributed by atoms with Crippen LogP contribution in [0.2, 0.25) is 0 Å². The first-order valence-corrected chi connectivity index (χ1v) is 9.42. The van der Waals surface area contributed by atoms with Crippen molar-refractivity contribution in [3.05, 3.63) is 0 Å². The van der Waals surface area contributed by atoms with Crippen LogP contribution in [0, 0.1) is 0 Å². The van der Waals surface area contributed by atoms with Crippen LogP contribution in [0.15, 0.2) is 4.99 Å². The highest BCUT2D eigenvalue weighted by Gasteiger charge is 2.49. The van der Waals surface area contributed by atoms with Gasteiger partial charge in [-0.1, -0.05) is 13.3 Å². The summed E-state index contributed by atoms with van der Waals surface area (Å²) in [6.07, 6.45) is 1.45. The lowest BCUT2D eigenvalue weighted by atomic mass is 10.1. The van der Waals surface area contributed by atoms with Crippen LogP contribution in [-0.2, 0) is 14.3 Å². The maximum absolute atomic E-state index is 12.5. The predicted molar refractivity (Wildman–Crippen MR) is 98.0 cm³/mol. The van der Waals surface area contributed by atoms with Gasteiger partial charge in [-0.3, -0.25) is 19.8 Å². The largest absolute Gasteiger partial charge is 0.468 e. The SMILES string of the molecule is CCCCN1C(N2CCN(CC(=O)OC)CC2)=NC2C1C(=O)NC(=O)N2C. The van der Waals surface area contributed by atoms with Crippen molar-refractivity contribution in [2.45, 2.75) is 32.0 Å². The third-order valence-corrected chi connectivity index (χ3v) is 5.33. The van der Waals surface area contributed by atoms with Crippen molar-refractivity contribution in [2.24, 2.45) is 4.99 Å². The third kappa shape index (κ3) is 3.85. The standard InChI is InChI=1S/C17H28N6O4/c1-4-5-6-23-13-14(20(2)17(26)19-15(13)25)18-16(23)22-9-7-21(8-10-22)11-12(24)27-3/h13-14H,4-11H2,1-3H3,(H,19,25,26). The summed E-state index contributed by atoms with van der Waals surface area (Å²) in [6, 6.07) is -0.896. The van der Waals surface area contributed by atoms with Crippen LogP contribution in [0.3, 0.4) is 0 Å². The minimum atomic E-state index is -0.494. The van der Waals surface area contributed by atoms with Crippen molar-refractivity contribution in [3.63, 3.8) is 0 Å². The molecule has 0 aromatic carbocycles. The first-order chi connectivity index (χ1) is 13.0. The number of hydrogen-bond acceptors (Lipinski definition) is 8. The third-order valence-electron chi connectivity index (χ3n) is 5.33. The molecule has 10 nitrogen and oxygen atoms in total. The highest BCUT2D eigenvalue weighted by Crippen LogP contribution is 2.26. The van der Waals surface area contributed by atoms with E-state index in [1.807, 2.05) is 9.80 Å². The number of unbranched alkanes of at least 4 members (excludes halogenated alkanes) is 1. The van der Waals surface area contributed by atoms with E-state index in [-0.39, 0.29) is 18.4 Å². The molecule has 0 aliphatic carbocycles. The lowest BCUT2D eigenvalue weighted by Gasteiger charge is -2.40. The molecule has 3 aliphatic heterocycles. The highest BCUT2D eigenvalue weighted by atomic mass is 16.5. The number of guanidine groups is 1. The normalized spacial score (nSPS) is 26.0. The number of carbonyl (C=O) groups excluding carboxylic acids is 3. The molecule has 3 amide bonds. The van der Waals surface area contributed by atoms with Gasteiger partial charge in [0.1, 0.15) is 0 Å². The van der Waals surface area contributed by atoms with Gasteiger partial charge in [0.15, 0.2) is 18.2 Å². The number of aliphatic imine (C=N–C) groups is 1. The van der Waals surface area contributed by atoms with E-state index in [0.29, 0.717) is 32.7 Å². The summed E-state index contributed by atoms with van der Waals surface area (Å²) in [6.45, 7) is 5.94.